The first-order valence-electron chi connectivity index (χ1n) is 7.29. The summed E-state index contributed by atoms with van der Waals surface area (Å²) in [7, 11) is 0. The number of hydrogen-bond acceptors (Lipinski definition) is 7. The molecule has 1 saturated heterocycles. The molecule has 3 rings (SSSR count). The van der Waals surface area contributed by atoms with Gasteiger partial charge in [-0.25, -0.2) is 14.4 Å². The number of carbonyl (C=O) groups is 1. The highest BCUT2D eigenvalue weighted by atomic mass is 19.1. The molecule has 8 nitrogen and oxygen atoms in total. The molecule has 1 aliphatic rings. The molecule has 24 heavy (non-hydrogen) atoms. The van der Waals surface area contributed by atoms with Gasteiger partial charge in [-0.15, -0.1) is 0 Å². The summed E-state index contributed by atoms with van der Waals surface area (Å²) in [6.07, 6.45) is 2.86. The van der Waals surface area contributed by atoms with Crippen LogP contribution in [0.2, 0.25) is 0 Å². The fourth-order valence-corrected chi connectivity index (χ4v) is 2.65. The zero-order valence-electron chi connectivity index (χ0n) is 12.6. The number of hydrogen-bond donors (Lipinski definition) is 0. The van der Waals surface area contributed by atoms with Crippen molar-refractivity contribution in [1.29, 1.82) is 0 Å². The number of nitrogens with zero attached hydrogens (tertiary/aromatic N) is 5. The van der Waals surface area contributed by atoms with Crippen molar-refractivity contribution in [3.05, 3.63) is 52.1 Å². The highest BCUT2D eigenvalue weighted by Gasteiger charge is 2.22. The molecule has 0 saturated carbocycles. The maximum Gasteiger partial charge on any atom is 0.270 e. The van der Waals surface area contributed by atoms with E-state index in [2.05, 4.69) is 9.97 Å². The number of aromatic nitrogens is 2. The van der Waals surface area contributed by atoms with Crippen molar-refractivity contribution in [1.82, 2.24) is 9.97 Å². The minimum atomic E-state index is -0.527. The van der Waals surface area contributed by atoms with E-state index < -0.39 is 10.7 Å². The Morgan fingerprint density at radius 1 is 1.12 bits per heavy atom. The molecular formula is C15H14FN5O3. The number of halogens is 1. The molecule has 1 aromatic heterocycles. The fourth-order valence-electron chi connectivity index (χ4n) is 2.65. The summed E-state index contributed by atoms with van der Waals surface area (Å²) in [4.78, 5) is 33.3. The van der Waals surface area contributed by atoms with Crippen molar-refractivity contribution in [2.75, 3.05) is 36.0 Å². The number of benzene rings is 1. The average Bonchev–Trinajstić information content (AvgIpc) is 2.62. The largest absolute Gasteiger partial charge is 0.367 e. The SMILES string of the molecule is O=Cc1cc([N+](=O)[O-])ccc1N1CCN(c2ncc(F)cn2)CC1. The van der Waals surface area contributed by atoms with Gasteiger partial charge in [-0.2, -0.15) is 0 Å². The van der Waals surface area contributed by atoms with Crippen molar-refractivity contribution < 1.29 is 14.1 Å². The van der Waals surface area contributed by atoms with Gasteiger partial charge in [0.1, 0.15) is 0 Å². The minimum absolute atomic E-state index is 0.112. The second kappa shape index (κ2) is 6.57. The third-order valence-corrected chi connectivity index (χ3v) is 3.86. The van der Waals surface area contributed by atoms with E-state index >= 15 is 0 Å². The van der Waals surface area contributed by atoms with E-state index in [1.807, 2.05) is 9.80 Å². The molecular weight excluding hydrogens is 317 g/mol. The maximum atomic E-state index is 12.9. The standard InChI is InChI=1S/C15H14FN5O3/c16-12-8-17-15(18-9-12)20-5-3-19(4-6-20)14-2-1-13(21(23)24)7-11(14)10-22/h1-2,7-10H,3-6H2. The average molecular weight is 331 g/mol. The Kier molecular flexibility index (Phi) is 4.32. The Hall–Kier alpha value is -3.10. The Morgan fingerprint density at radius 3 is 2.33 bits per heavy atom. The van der Waals surface area contributed by atoms with Crippen molar-refractivity contribution in [3.8, 4) is 0 Å². The molecule has 2 aromatic rings. The number of aldehydes is 1. The molecule has 0 radical (unpaired) electrons. The van der Waals surface area contributed by atoms with Crippen LogP contribution in [0, 0.1) is 15.9 Å². The van der Waals surface area contributed by atoms with Gasteiger partial charge in [-0.1, -0.05) is 0 Å². The predicted molar refractivity (Wildman–Crippen MR) is 84.9 cm³/mol. The second-order valence-corrected chi connectivity index (χ2v) is 5.29. The molecule has 0 spiro atoms. The van der Waals surface area contributed by atoms with E-state index in [9.17, 15) is 19.3 Å². The number of rotatable bonds is 4. The first kappa shape index (κ1) is 15.8. The highest BCUT2D eigenvalue weighted by Crippen LogP contribution is 2.25. The van der Waals surface area contributed by atoms with Gasteiger partial charge in [0.2, 0.25) is 5.95 Å². The van der Waals surface area contributed by atoms with Crippen molar-refractivity contribution >= 4 is 23.6 Å². The van der Waals surface area contributed by atoms with E-state index in [1.54, 1.807) is 6.07 Å². The third-order valence-electron chi connectivity index (χ3n) is 3.86. The molecule has 0 bridgehead atoms. The normalized spacial score (nSPS) is 14.5. The zero-order valence-corrected chi connectivity index (χ0v) is 12.6. The topological polar surface area (TPSA) is 92.5 Å². The number of nitro benzene ring substituents is 1. The molecule has 0 amide bonds. The van der Waals surface area contributed by atoms with E-state index in [0.717, 1.165) is 12.4 Å². The molecule has 1 fully saturated rings. The molecule has 0 atom stereocenters. The number of anilines is 2. The van der Waals surface area contributed by atoms with E-state index in [4.69, 9.17) is 0 Å². The third kappa shape index (κ3) is 3.14. The molecule has 0 aliphatic carbocycles. The van der Waals surface area contributed by atoms with Crippen LogP contribution in [0.1, 0.15) is 10.4 Å². The van der Waals surface area contributed by atoms with Crippen molar-refractivity contribution in [3.63, 3.8) is 0 Å². The molecule has 2 heterocycles. The van der Waals surface area contributed by atoms with Gasteiger partial charge in [-0.3, -0.25) is 14.9 Å². The number of piperazine rings is 1. The summed E-state index contributed by atoms with van der Waals surface area (Å²) in [5, 5.41) is 10.8. The lowest BCUT2D eigenvalue weighted by Gasteiger charge is -2.36. The van der Waals surface area contributed by atoms with Crippen LogP contribution < -0.4 is 9.80 Å². The molecule has 9 heteroatoms. The van der Waals surface area contributed by atoms with Gasteiger partial charge in [0.25, 0.3) is 5.69 Å². The van der Waals surface area contributed by atoms with Crippen LogP contribution in [0.25, 0.3) is 0 Å². The maximum absolute atomic E-state index is 12.9. The van der Waals surface area contributed by atoms with Crippen LogP contribution in [0.15, 0.2) is 30.6 Å². The van der Waals surface area contributed by atoms with Gasteiger partial charge in [0, 0.05) is 49.6 Å². The first-order chi connectivity index (χ1) is 11.6. The summed E-state index contributed by atoms with van der Waals surface area (Å²) in [6.45, 7) is 2.39. The second-order valence-electron chi connectivity index (χ2n) is 5.29. The summed E-state index contributed by atoms with van der Waals surface area (Å²) in [5.74, 6) is -0.0331. The van der Waals surface area contributed by atoms with Crippen LogP contribution in [0.4, 0.5) is 21.7 Å². The fraction of sp³-hybridized carbons (Fsp3) is 0.267. The molecule has 0 N–H and O–H groups in total. The van der Waals surface area contributed by atoms with Crippen LogP contribution in [-0.4, -0.2) is 47.4 Å². The first-order valence-corrected chi connectivity index (χ1v) is 7.29. The van der Waals surface area contributed by atoms with Gasteiger partial charge in [0.05, 0.1) is 17.3 Å². The monoisotopic (exact) mass is 331 g/mol. The van der Waals surface area contributed by atoms with Crippen molar-refractivity contribution in [2.24, 2.45) is 0 Å². The van der Waals surface area contributed by atoms with E-state index in [-0.39, 0.29) is 11.3 Å². The molecule has 124 valence electrons. The Balaban J connectivity index is 1.73. The quantitative estimate of drug-likeness (QED) is 0.478. The van der Waals surface area contributed by atoms with Gasteiger partial charge in [-0.05, 0) is 6.07 Å². The summed E-state index contributed by atoms with van der Waals surface area (Å²) < 4.78 is 12.9. The summed E-state index contributed by atoms with van der Waals surface area (Å²) in [5.41, 5.74) is 0.838. The zero-order chi connectivity index (χ0) is 17.1. The number of non-ortho nitro benzene ring substituents is 1. The lowest BCUT2D eigenvalue weighted by atomic mass is 10.1. The molecule has 1 aromatic carbocycles. The van der Waals surface area contributed by atoms with Crippen LogP contribution >= 0.6 is 0 Å². The molecule has 0 unspecified atom stereocenters. The van der Waals surface area contributed by atoms with Crippen LogP contribution in [-0.2, 0) is 0 Å². The number of carbonyl (C=O) groups excluding carboxylic acids is 1. The Morgan fingerprint density at radius 2 is 1.75 bits per heavy atom. The lowest BCUT2D eigenvalue weighted by molar-refractivity contribution is -0.384. The van der Waals surface area contributed by atoms with Gasteiger partial charge < -0.3 is 9.80 Å². The predicted octanol–water partition coefficient (Wildman–Crippen LogP) is 1.66. The van der Waals surface area contributed by atoms with E-state index in [1.165, 1.54) is 12.1 Å². The van der Waals surface area contributed by atoms with Crippen molar-refractivity contribution in [2.45, 2.75) is 0 Å². The highest BCUT2D eigenvalue weighted by molar-refractivity contribution is 5.86. The minimum Gasteiger partial charge on any atom is -0.367 e. The molecule has 1 aliphatic heterocycles. The van der Waals surface area contributed by atoms with Gasteiger partial charge in [0.15, 0.2) is 12.1 Å². The van der Waals surface area contributed by atoms with Crippen LogP contribution in [0.5, 0.6) is 0 Å². The Bertz CT molecular complexity index is 760. The van der Waals surface area contributed by atoms with Gasteiger partial charge >= 0.3 is 0 Å². The van der Waals surface area contributed by atoms with E-state index in [0.29, 0.717) is 44.1 Å². The summed E-state index contributed by atoms with van der Waals surface area (Å²) >= 11 is 0. The van der Waals surface area contributed by atoms with Crippen LogP contribution in [0.3, 0.4) is 0 Å². The smallest absolute Gasteiger partial charge is 0.270 e. The summed E-state index contributed by atoms with van der Waals surface area (Å²) in [6, 6.07) is 4.25. The Labute approximate surface area is 136 Å². The lowest BCUT2D eigenvalue weighted by Crippen LogP contribution is -2.47. The number of nitro groups is 1.